The Morgan fingerprint density at radius 3 is 2.57 bits per heavy atom. The lowest BCUT2D eigenvalue weighted by atomic mass is 10.2. The van der Waals surface area contributed by atoms with Gasteiger partial charge in [0.1, 0.15) is 0 Å². The number of anilines is 2. The molecule has 0 aliphatic carbocycles. The zero-order chi connectivity index (χ0) is 15.4. The number of urea groups is 1. The van der Waals surface area contributed by atoms with Crippen LogP contribution in [0.5, 0.6) is 0 Å². The average molecular weight is 326 g/mol. The number of aromatic carboxylic acids is 1. The number of halogens is 2. The summed E-state index contributed by atoms with van der Waals surface area (Å²) in [5.74, 6) is -1.25. The summed E-state index contributed by atoms with van der Waals surface area (Å²) in [7, 11) is 0. The number of hydrogen-bond donors (Lipinski definition) is 3. The van der Waals surface area contributed by atoms with Gasteiger partial charge in [0.15, 0.2) is 0 Å². The van der Waals surface area contributed by atoms with Crippen LogP contribution in [-0.4, -0.2) is 22.1 Å². The lowest BCUT2D eigenvalue weighted by Gasteiger charge is -2.12. The monoisotopic (exact) mass is 325 g/mol. The Morgan fingerprint density at radius 1 is 1.19 bits per heavy atom. The van der Waals surface area contributed by atoms with Gasteiger partial charge in [-0.2, -0.15) is 0 Å². The molecule has 108 valence electrons. The molecule has 1 aromatic carbocycles. The summed E-state index contributed by atoms with van der Waals surface area (Å²) in [6.07, 6.45) is 3.00. The predicted octanol–water partition coefficient (Wildman–Crippen LogP) is 3.73. The second-order valence-electron chi connectivity index (χ2n) is 3.94. The molecule has 0 saturated carbocycles. The minimum absolute atomic E-state index is 0.0289. The summed E-state index contributed by atoms with van der Waals surface area (Å²) in [5.41, 5.74) is 0.223. The van der Waals surface area contributed by atoms with E-state index < -0.39 is 12.0 Å². The molecule has 1 heterocycles. The fraction of sp³-hybridized carbons (Fsp3) is 0. The summed E-state index contributed by atoms with van der Waals surface area (Å²) in [4.78, 5) is 26.9. The highest BCUT2D eigenvalue weighted by Crippen LogP contribution is 2.30. The van der Waals surface area contributed by atoms with Crippen molar-refractivity contribution < 1.29 is 14.7 Å². The van der Waals surface area contributed by atoms with E-state index in [-0.39, 0.29) is 21.3 Å². The van der Waals surface area contributed by atoms with E-state index >= 15 is 0 Å². The van der Waals surface area contributed by atoms with Crippen LogP contribution in [0.4, 0.5) is 16.2 Å². The van der Waals surface area contributed by atoms with Crippen LogP contribution in [0.15, 0.2) is 36.7 Å². The number of carboxylic acids is 1. The number of pyridine rings is 1. The van der Waals surface area contributed by atoms with Gasteiger partial charge in [-0.05, 0) is 24.3 Å². The second-order valence-corrected chi connectivity index (χ2v) is 4.78. The molecule has 0 fully saturated rings. The zero-order valence-electron chi connectivity index (χ0n) is 10.4. The van der Waals surface area contributed by atoms with E-state index in [0.717, 1.165) is 0 Å². The molecular weight excluding hydrogens is 317 g/mol. The molecule has 0 saturated heterocycles. The van der Waals surface area contributed by atoms with Crippen molar-refractivity contribution >= 4 is 46.6 Å². The maximum atomic E-state index is 11.9. The Balaban J connectivity index is 2.23. The van der Waals surface area contributed by atoms with Crippen LogP contribution in [0, 0.1) is 0 Å². The van der Waals surface area contributed by atoms with Gasteiger partial charge in [-0.15, -0.1) is 0 Å². The first-order valence-corrected chi connectivity index (χ1v) is 6.43. The van der Waals surface area contributed by atoms with Gasteiger partial charge < -0.3 is 15.7 Å². The Kier molecular flexibility index (Phi) is 4.62. The third-order valence-electron chi connectivity index (χ3n) is 2.44. The van der Waals surface area contributed by atoms with Gasteiger partial charge in [0.2, 0.25) is 0 Å². The minimum Gasteiger partial charge on any atom is -0.478 e. The van der Waals surface area contributed by atoms with Gasteiger partial charge in [0, 0.05) is 11.2 Å². The molecule has 1 aromatic heterocycles. The summed E-state index contributed by atoms with van der Waals surface area (Å²) in [6, 6.07) is 5.18. The van der Waals surface area contributed by atoms with E-state index in [2.05, 4.69) is 15.6 Å². The fourth-order valence-corrected chi connectivity index (χ4v) is 2.12. The molecule has 2 amide bonds. The first-order valence-electron chi connectivity index (χ1n) is 5.67. The van der Waals surface area contributed by atoms with E-state index in [1.807, 2.05) is 0 Å². The third kappa shape index (κ3) is 3.84. The van der Waals surface area contributed by atoms with Crippen LogP contribution in [-0.2, 0) is 0 Å². The highest BCUT2D eigenvalue weighted by molar-refractivity contribution is 6.37. The van der Waals surface area contributed by atoms with Crippen molar-refractivity contribution in [3.8, 4) is 0 Å². The van der Waals surface area contributed by atoms with E-state index in [9.17, 15) is 9.59 Å². The van der Waals surface area contributed by atoms with Crippen LogP contribution in [0.1, 0.15) is 10.4 Å². The molecule has 8 heteroatoms. The van der Waals surface area contributed by atoms with E-state index in [1.165, 1.54) is 18.3 Å². The van der Waals surface area contributed by atoms with Crippen molar-refractivity contribution in [2.75, 3.05) is 10.6 Å². The smallest absolute Gasteiger partial charge is 0.337 e. The predicted molar refractivity (Wildman–Crippen MR) is 80.3 cm³/mol. The molecule has 2 aromatic rings. The summed E-state index contributed by atoms with van der Waals surface area (Å²) < 4.78 is 0. The van der Waals surface area contributed by atoms with Crippen molar-refractivity contribution in [2.45, 2.75) is 0 Å². The second kappa shape index (κ2) is 6.43. The molecule has 0 unspecified atom stereocenters. The van der Waals surface area contributed by atoms with Gasteiger partial charge in [0.25, 0.3) is 0 Å². The van der Waals surface area contributed by atoms with Gasteiger partial charge in [-0.1, -0.05) is 23.2 Å². The molecule has 3 N–H and O–H groups in total. The first kappa shape index (κ1) is 15.1. The lowest BCUT2D eigenvalue weighted by Crippen LogP contribution is -2.21. The van der Waals surface area contributed by atoms with Crippen molar-refractivity contribution in [2.24, 2.45) is 0 Å². The molecule has 0 radical (unpaired) electrons. The Labute approximate surface area is 129 Å². The van der Waals surface area contributed by atoms with E-state index in [4.69, 9.17) is 28.3 Å². The van der Waals surface area contributed by atoms with Gasteiger partial charge in [-0.25, -0.2) is 9.59 Å². The van der Waals surface area contributed by atoms with Crippen molar-refractivity contribution in [1.82, 2.24) is 4.98 Å². The number of carbonyl (C=O) groups excluding carboxylic acids is 1. The SMILES string of the molecule is O=C(Nc1cccnc1)Nc1c(Cl)cc(Cl)cc1C(=O)O. The van der Waals surface area contributed by atoms with Crippen LogP contribution in [0.3, 0.4) is 0 Å². The van der Waals surface area contributed by atoms with Gasteiger partial charge in [0.05, 0.1) is 28.2 Å². The molecule has 0 atom stereocenters. The first-order chi connectivity index (χ1) is 9.97. The molecule has 21 heavy (non-hydrogen) atoms. The quantitative estimate of drug-likeness (QED) is 0.801. The summed E-state index contributed by atoms with van der Waals surface area (Å²) in [5, 5.41) is 14.2. The number of nitrogens with one attached hydrogen (secondary N) is 2. The Morgan fingerprint density at radius 2 is 1.95 bits per heavy atom. The highest BCUT2D eigenvalue weighted by Gasteiger charge is 2.17. The maximum absolute atomic E-state index is 11.9. The van der Waals surface area contributed by atoms with E-state index in [1.54, 1.807) is 18.3 Å². The number of benzene rings is 1. The summed E-state index contributed by atoms with van der Waals surface area (Å²) in [6.45, 7) is 0. The number of aromatic nitrogens is 1. The number of nitrogens with zero attached hydrogens (tertiary/aromatic N) is 1. The van der Waals surface area contributed by atoms with Crippen molar-refractivity contribution in [1.29, 1.82) is 0 Å². The van der Waals surface area contributed by atoms with Gasteiger partial charge in [-0.3, -0.25) is 4.98 Å². The molecule has 0 aliphatic heterocycles. The average Bonchev–Trinajstić information content (AvgIpc) is 2.42. The Bertz CT molecular complexity index is 693. The molecule has 6 nitrogen and oxygen atoms in total. The molecule has 0 aliphatic rings. The largest absolute Gasteiger partial charge is 0.478 e. The van der Waals surface area contributed by atoms with Crippen LogP contribution < -0.4 is 10.6 Å². The molecule has 0 bridgehead atoms. The molecule has 2 rings (SSSR count). The number of carbonyl (C=O) groups is 2. The highest BCUT2D eigenvalue weighted by atomic mass is 35.5. The maximum Gasteiger partial charge on any atom is 0.337 e. The van der Waals surface area contributed by atoms with Crippen LogP contribution in [0.25, 0.3) is 0 Å². The number of hydrogen-bond acceptors (Lipinski definition) is 3. The number of carboxylic acid groups (broad SMARTS) is 1. The normalized spacial score (nSPS) is 10.0. The van der Waals surface area contributed by atoms with E-state index in [0.29, 0.717) is 5.69 Å². The number of amides is 2. The summed E-state index contributed by atoms with van der Waals surface area (Å²) >= 11 is 11.7. The van der Waals surface area contributed by atoms with Crippen molar-refractivity contribution in [3.05, 3.63) is 52.3 Å². The molecular formula is C13H9Cl2N3O3. The zero-order valence-corrected chi connectivity index (χ0v) is 11.9. The standard InChI is InChI=1S/C13H9Cl2N3O3/c14-7-4-9(12(19)20)11(10(15)5-7)18-13(21)17-8-2-1-3-16-6-8/h1-6H,(H,19,20)(H2,17,18,21). The van der Waals surface area contributed by atoms with Crippen LogP contribution >= 0.6 is 23.2 Å². The van der Waals surface area contributed by atoms with Crippen LogP contribution in [0.2, 0.25) is 10.0 Å². The third-order valence-corrected chi connectivity index (χ3v) is 2.96. The lowest BCUT2D eigenvalue weighted by molar-refractivity contribution is 0.0698. The fourth-order valence-electron chi connectivity index (χ4n) is 1.58. The Hall–Kier alpha value is -2.31. The molecule has 0 spiro atoms. The van der Waals surface area contributed by atoms with Crippen molar-refractivity contribution in [3.63, 3.8) is 0 Å². The number of rotatable bonds is 3. The minimum atomic E-state index is -1.25. The topological polar surface area (TPSA) is 91.3 Å². The van der Waals surface area contributed by atoms with Gasteiger partial charge >= 0.3 is 12.0 Å².